The van der Waals surface area contributed by atoms with Gasteiger partial charge in [-0.25, -0.2) is 4.79 Å². The monoisotopic (exact) mass is 286 g/mol. The van der Waals surface area contributed by atoms with E-state index in [1.54, 1.807) is 19.9 Å². The van der Waals surface area contributed by atoms with Gasteiger partial charge in [-0.2, -0.15) is 0 Å². The molecule has 0 saturated carbocycles. The standard InChI is InChI=1S/C14H15BN2O2S/c1-3-19-13(18)11-8(2)16-14(20)17-12(11)9-6-4-5-7-10(9)15/h4-7,12H,3H2,1-2H3,(H2,16,17,20). The molecule has 2 rings (SSSR count). The minimum atomic E-state index is -0.399. The molecule has 102 valence electrons. The van der Waals surface area contributed by atoms with E-state index in [1.807, 2.05) is 18.2 Å². The van der Waals surface area contributed by atoms with Gasteiger partial charge in [0.2, 0.25) is 0 Å². The minimum Gasteiger partial charge on any atom is -0.463 e. The number of rotatable bonds is 3. The lowest BCUT2D eigenvalue weighted by Gasteiger charge is -2.30. The number of esters is 1. The molecule has 1 aromatic carbocycles. The van der Waals surface area contributed by atoms with Crippen molar-refractivity contribution < 1.29 is 9.53 Å². The zero-order valence-corrected chi connectivity index (χ0v) is 12.2. The van der Waals surface area contributed by atoms with E-state index < -0.39 is 6.04 Å². The third kappa shape index (κ3) is 2.85. The van der Waals surface area contributed by atoms with Crippen LogP contribution in [0.15, 0.2) is 35.5 Å². The van der Waals surface area contributed by atoms with Crippen molar-refractivity contribution >= 4 is 36.6 Å². The van der Waals surface area contributed by atoms with Gasteiger partial charge in [0.15, 0.2) is 5.11 Å². The predicted molar refractivity (Wildman–Crippen MR) is 82.8 cm³/mol. The smallest absolute Gasteiger partial charge is 0.338 e. The maximum Gasteiger partial charge on any atom is 0.338 e. The van der Waals surface area contributed by atoms with Gasteiger partial charge in [0.1, 0.15) is 7.85 Å². The van der Waals surface area contributed by atoms with Crippen LogP contribution in [0.25, 0.3) is 0 Å². The topological polar surface area (TPSA) is 50.4 Å². The Balaban J connectivity index is 2.48. The highest BCUT2D eigenvalue weighted by Crippen LogP contribution is 2.26. The van der Waals surface area contributed by atoms with Crippen LogP contribution in [0.2, 0.25) is 0 Å². The lowest BCUT2D eigenvalue weighted by Crippen LogP contribution is -2.46. The summed E-state index contributed by atoms with van der Waals surface area (Å²) in [5.74, 6) is -0.374. The molecule has 1 atom stereocenters. The Morgan fingerprint density at radius 2 is 2.15 bits per heavy atom. The Bertz CT molecular complexity index is 586. The molecule has 2 N–H and O–H groups in total. The predicted octanol–water partition coefficient (Wildman–Crippen LogP) is 0.836. The molecule has 0 bridgehead atoms. The first-order valence-corrected chi connectivity index (χ1v) is 6.75. The summed E-state index contributed by atoms with van der Waals surface area (Å²) in [4.78, 5) is 12.2. The summed E-state index contributed by atoms with van der Waals surface area (Å²) >= 11 is 5.16. The number of allylic oxidation sites excluding steroid dienone is 1. The van der Waals surface area contributed by atoms with Crippen LogP contribution < -0.4 is 16.1 Å². The van der Waals surface area contributed by atoms with E-state index in [-0.39, 0.29) is 5.97 Å². The fourth-order valence-electron chi connectivity index (χ4n) is 2.18. The second-order valence-corrected chi connectivity index (χ2v) is 4.83. The van der Waals surface area contributed by atoms with E-state index in [2.05, 4.69) is 10.6 Å². The molecule has 4 nitrogen and oxygen atoms in total. The molecule has 6 heteroatoms. The first kappa shape index (κ1) is 14.6. The van der Waals surface area contributed by atoms with Crippen LogP contribution in [-0.4, -0.2) is 25.5 Å². The summed E-state index contributed by atoms with van der Waals surface area (Å²) in [6, 6.07) is 6.98. The molecular weight excluding hydrogens is 271 g/mol. The lowest BCUT2D eigenvalue weighted by molar-refractivity contribution is -0.139. The van der Waals surface area contributed by atoms with Crippen LogP contribution in [0.5, 0.6) is 0 Å². The lowest BCUT2D eigenvalue weighted by atomic mass is 9.84. The molecule has 0 saturated heterocycles. The van der Waals surface area contributed by atoms with Crippen molar-refractivity contribution in [3.8, 4) is 0 Å². The van der Waals surface area contributed by atoms with Crippen molar-refractivity contribution in [1.29, 1.82) is 0 Å². The second-order valence-electron chi connectivity index (χ2n) is 4.42. The van der Waals surface area contributed by atoms with Crippen molar-refractivity contribution in [2.75, 3.05) is 6.61 Å². The minimum absolute atomic E-state index is 0.317. The highest BCUT2D eigenvalue weighted by Gasteiger charge is 2.31. The van der Waals surface area contributed by atoms with Crippen LogP contribution in [0.4, 0.5) is 0 Å². The van der Waals surface area contributed by atoms with Gasteiger partial charge in [0.25, 0.3) is 0 Å². The molecule has 0 spiro atoms. The maximum absolute atomic E-state index is 12.2. The van der Waals surface area contributed by atoms with Gasteiger partial charge in [-0.3, -0.25) is 0 Å². The van der Waals surface area contributed by atoms with E-state index in [1.165, 1.54) is 0 Å². The molecule has 0 amide bonds. The zero-order valence-electron chi connectivity index (χ0n) is 11.4. The molecule has 1 aliphatic heterocycles. The summed E-state index contributed by atoms with van der Waals surface area (Å²) < 4.78 is 5.12. The highest BCUT2D eigenvalue weighted by molar-refractivity contribution is 7.80. The number of ether oxygens (including phenoxy) is 1. The molecule has 1 aromatic rings. The van der Waals surface area contributed by atoms with Gasteiger partial charge in [-0.1, -0.05) is 29.7 Å². The third-order valence-electron chi connectivity index (χ3n) is 3.07. The number of carbonyl (C=O) groups excluding carboxylic acids is 1. The summed E-state index contributed by atoms with van der Waals surface area (Å²) in [6.07, 6.45) is 0. The van der Waals surface area contributed by atoms with Gasteiger partial charge < -0.3 is 15.4 Å². The van der Waals surface area contributed by atoms with Gasteiger partial charge in [0, 0.05) is 5.70 Å². The van der Waals surface area contributed by atoms with Crippen LogP contribution in [0.1, 0.15) is 25.5 Å². The highest BCUT2D eigenvalue weighted by atomic mass is 32.1. The van der Waals surface area contributed by atoms with E-state index in [0.29, 0.717) is 28.5 Å². The Kier molecular flexibility index (Phi) is 4.44. The first-order chi connectivity index (χ1) is 9.54. The Labute approximate surface area is 125 Å². The van der Waals surface area contributed by atoms with E-state index in [4.69, 9.17) is 24.8 Å². The average Bonchev–Trinajstić information content (AvgIpc) is 2.38. The molecule has 2 radical (unpaired) electrons. The Hall–Kier alpha value is -1.82. The third-order valence-corrected chi connectivity index (χ3v) is 3.29. The number of benzene rings is 1. The van der Waals surface area contributed by atoms with Crippen molar-refractivity contribution in [3.05, 3.63) is 41.1 Å². The molecule has 1 unspecified atom stereocenters. The maximum atomic E-state index is 12.2. The van der Waals surface area contributed by atoms with Gasteiger partial charge in [-0.15, -0.1) is 0 Å². The number of nitrogens with one attached hydrogen (secondary N) is 2. The van der Waals surface area contributed by atoms with Crippen molar-refractivity contribution in [3.63, 3.8) is 0 Å². The van der Waals surface area contributed by atoms with Crippen LogP contribution in [0, 0.1) is 0 Å². The number of thiocarbonyl (C=S) groups is 1. The SMILES string of the molecule is [B]c1ccccc1C1NC(=S)NC(C)=C1C(=O)OCC. The fraction of sp³-hybridized carbons (Fsp3) is 0.286. The summed E-state index contributed by atoms with van der Waals surface area (Å²) in [5.41, 5.74) is 2.59. The summed E-state index contributed by atoms with van der Waals surface area (Å²) in [5, 5.41) is 6.48. The van der Waals surface area contributed by atoms with Gasteiger partial charge in [0.05, 0.1) is 18.2 Å². The van der Waals surface area contributed by atoms with Crippen LogP contribution >= 0.6 is 12.2 Å². The first-order valence-electron chi connectivity index (χ1n) is 6.34. The summed E-state index contributed by atoms with van der Waals surface area (Å²) in [6.45, 7) is 3.89. The van der Waals surface area contributed by atoms with Crippen LogP contribution in [-0.2, 0) is 9.53 Å². The molecule has 0 aliphatic carbocycles. The van der Waals surface area contributed by atoms with E-state index in [0.717, 1.165) is 5.56 Å². The Morgan fingerprint density at radius 3 is 2.80 bits per heavy atom. The molecule has 0 fully saturated rings. The average molecular weight is 286 g/mol. The van der Waals surface area contributed by atoms with Gasteiger partial charge in [-0.05, 0) is 31.6 Å². The number of carbonyl (C=O) groups is 1. The quantitative estimate of drug-likeness (QED) is 0.490. The number of hydrogen-bond acceptors (Lipinski definition) is 3. The van der Waals surface area contributed by atoms with E-state index in [9.17, 15) is 4.79 Å². The number of hydrogen-bond donors (Lipinski definition) is 2. The van der Waals surface area contributed by atoms with Crippen molar-refractivity contribution in [2.45, 2.75) is 19.9 Å². The second kappa shape index (κ2) is 6.09. The van der Waals surface area contributed by atoms with Gasteiger partial charge >= 0.3 is 5.97 Å². The van der Waals surface area contributed by atoms with Crippen molar-refractivity contribution in [1.82, 2.24) is 10.6 Å². The molecule has 20 heavy (non-hydrogen) atoms. The largest absolute Gasteiger partial charge is 0.463 e. The Morgan fingerprint density at radius 1 is 1.45 bits per heavy atom. The molecule has 0 aromatic heterocycles. The van der Waals surface area contributed by atoms with E-state index >= 15 is 0 Å². The molecular formula is C14H15BN2O2S. The summed E-state index contributed by atoms with van der Waals surface area (Å²) in [7, 11) is 6.00. The zero-order chi connectivity index (χ0) is 14.7. The molecule has 1 heterocycles. The van der Waals surface area contributed by atoms with Crippen LogP contribution in [0.3, 0.4) is 0 Å². The van der Waals surface area contributed by atoms with Crippen molar-refractivity contribution in [2.24, 2.45) is 0 Å². The fourth-order valence-corrected chi connectivity index (χ4v) is 2.45. The normalized spacial score (nSPS) is 18.3. The molecule has 1 aliphatic rings.